The van der Waals surface area contributed by atoms with Crippen LogP contribution in [0.5, 0.6) is 0 Å². The molecule has 8 nitrogen and oxygen atoms in total. The fraction of sp³-hybridized carbons (Fsp3) is 0.286. The molecule has 0 unspecified atom stereocenters. The van der Waals surface area contributed by atoms with Crippen LogP contribution in [0.1, 0.15) is 12.8 Å². The second-order valence-electron chi connectivity index (χ2n) is 7.24. The van der Waals surface area contributed by atoms with Crippen LogP contribution in [0.25, 0.3) is 0 Å². The van der Waals surface area contributed by atoms with Gasteiger partial charge in [-0.2, -0.15) is 9.41 Å². The molecule has 1 saturated heterocycles. The zero-order valence-corrected chi connectivity index (χ0v) is 18.2. The van der Waals surface area contributed by atoms with Crippen molar-refractivity contribution in [3.63, 3.8) is 0 Å². The van der Waals surface area contributed by atoms with Crippen LogP contribution >= 0.6 is 11.6 Å². The third kappa shape index (κ3) is 4.48. The number of nitrogens with zero attached hydrogens (tertiary/aromatic N) is 4. The van der Waals surface area contributed by atoms with Crippen molar-refractivity contribution < 1.29 is 18.0 Å². The number of hydrazone groups is 1. The number of benzene rings is 2. The Kier molecular flexibility index (Phi) is 6.08. The number of halogens is 1. The number of hydrogen-bond donors (Lipinski definition) is 0. The van der Waals surface area contributed by atoms with Gasteiger partial charge in [0.15, 0.2) is 0 Å². The van der Waals surface area contributed by atoms with Crippen molar-refractivity contribution in [2.45, 2.75) is 17.7 Å². The van der Waals surface area contributed by atoms with E-state index in [0.717, 1.165) is 0 Å². The van der Waals surface area contributed by atoms with Gasteiger partial charge in [0.25, 0.3) is 5.91 Å². The number of amides is 2. The molecule has 2 heterocycles. The number of rotatable bonds is 4. The molecule has 2 aromatic rings. The molecule has 2 amide bonds. The Labute approximate surface area is 185 Å². The predicted octanol–water partition coefficient (Wildman–Crippen LogP) is 2.36. The van der Waals surface area contributed by atoms with Crippen LogP contribution in [0.3, 0.4) is 0 Å². The highest BCUT2D eigenvalue weighted by Gasteiger charge is 2.33. The van der Waals surface area contributed by atoms with Gasteiger partial charge in [0.1, 0.15) is 5.71 Å². The minimum absolute atomic E-state index is 0.165. The van der Waals surface area contributed by atoms with Gasteiger partial charge in [0.05, 0.1) is 10.6 Å². The Morgan fingerprint density at radius 3 is 2.19 bits per heavy atom. The third-order valence-electron chi connectivity index (χ3n) is 5.26. The zero-order chi connectivity index (χ0) is 22.0. The van der Waals surface area contributed by atoms with Crippen LogP contribution in [0.2, 0.25) is 5.02 Å². The van der Waals surface area contributed by atoms with Gasteiger partial charge in [-0.1, -0.05) is 29.8 Å². The zero-order valence-electron chi connectivity index (χ0n) is 16.6. The smallest absolute Gasteiger partial charge is 0.270 e. The van der Waals surface area contributed by atoms with Crippen LogP contribution in [0, 0.1) is 0 Å². The molecule has 10 heteroatoms. The Morgan fingerprint density at radius 2 is 1.55 bits per heavy atom. The maximum absolute atomic E-state index is 13.0. The molecule has 31 heavy (non-hydrogen) atoms. The quantitative estimate of drug-likeness (QED) is 0.700. The van der Waals surface area contributed by atoms with Crippen molar-refractivity contribution in [3.8, 4) is 0 Å². The van der Waals surface area contributed by atoms with Gasteiger partial charge in [-0.05, 0) is 36.4 Å². The SMILES string of the molecule is O=C(C1=NN(c2ccccc2)C(=O)CC1)N1CCN(S(=O)(=O)c2ccc(Cl)cc2)CC1. The fourth-order valence-electron chi connectivity index (χ4n) is 3.55. The van der Waals surface area contributed by atoms with Gasteiger partial charge < -0.3 is 4.90 Å². The molecule has 0 radical (unpaired) electrons. The Morgan fingerprint density at radius 1 is 0.903 bits per heavy atom. The largest absolute Gasteiger partial charge is 0.335 e. The van der Waals surface area contributed by atoms with Crippen LogP contribution in [0.15, 0.2) is 64.6 Å². The average Bonchev–Trinajstić information content (AvgIpc) is 2.80. The van der Waals surface area contributed by atoms with Gasteiger partial charge in [0, 0.05) is 44.0 Å². The topological polar surface area (TPSA) is 90.4 Å². The number of hydrogen-bond acceptors (Lipinski definition) is 5. The van der Waals surface area contributed by atoms with Crippen LogP contribution in [-0.2, 0) is 19.6 Å². The molecule has 2 aliphatic heterocycles. The summed E-state index contributed by atoms with van der Waals surface area (Å²) in [5.74, 6) is -0.432. The van der Waals surface area contributed by atoms with Gasteiger partial charge in [0.2, 0.25) is 15.9 Å². The summed E-state index contributed by atoms with van der Waals surface area (Å²) in [5.41, 5.74) is 0.911. The summed E-state index contributed by atoms with van der Waals surface area (Å²) < 4.78 is 27.0. The molecule has 4 rings (SSSR count). The van der Waals surface area contributed by atoms with E-state index in [4.69, 9.17) is 11.6 Å². The van der Waals surface area contributed by atoms with Crippen molar-refractivity contribution >= 4 is 44.8 Å². The van der Waals surface area contributed by atoms with E-state index in [2.05, 4.69) is 5.10 Å². The van der Waals surface area contributed by atoms with Crippen molar-refractivity contribution in [1.82, 2.24) is 9.21 Å². The highest BCUT2D eigenvalue weighted by atomic mass is 35.5. The van der Waals surface area contributed by atoms with E-state index in [-0.39, 0.29) is 55.7 Å². The Balaban J connectivity index is 1.44. The lowest BCUT2D eigenvalue weighted by atomic mass is 10.1. The number of piperazine rings is 1. The highest BCUT2D eigenvalue weighted by Crippen LogP contribution is 2.22. The minimum Gasteiger partial charge on any atom is -0.335 e. The van der Waals surface area contributed by atoms with E-state index in [9.17, 15) is 18.0 Å². The molecule has 0 atom stereocenters. The summed E-state index contributed by atoms with van der Waals surface area (Å²) in [6.07, 6.45) is 0.467. The van der Waals surface area contributed by atoms with E-state index in [1.807, 2.05) is 6.07 Å². The van der Waals surface area contributed by atoms with Crippen LogP contribution in [-0.4, -0.2) is 61.3 Å². The molecule has 2 aliphatic rings. The molecule has 0 aromatic heterocycles. The molecular weight excluding hydrogens is 440 g/mol. The normalized spacial score (nSPS) is 18.1. The molecule has 0 N–H and O–H groups in total. The molecule has 0 saturated carbocycles. The molecule has 2 aromatic carbocycles. The number of carbonyl (C=O) groups is 2. The summed E-state index contributed by atoms with van der Waals surface area (Å²) in [6.45, 7) is 0.879. The highest BCUT2D eigenvalue weighted by molar-refractivity contribution is 7.89. The van der Waals surface area contributed by atoms with Crippen LogP contribution < -0.4 is 5.01 Å². The first-order chi connectivity index (χ1) is 14.9. The van der Waals surface area contributed by atoms with E-state index < -0.39 is 10.0 Å². The van der Waals surface area contributed by atoms with E-state index in [0.29, 0.717) is 16.4 Å². The first-order valence-electron chi connectivity index (χ1n) is 9.87. The second kappa shape index (κ2) is 8.78. The molecule has 162 valence electrons. The number of sulfonamides is 1. The minimum atomic E-state index is -3.65. The fourth-order valence-corrected chi connectivity index (χ4v) is 5.10. The van der Waals surface area contributed by atoms with E-state index in [1.165, 1.54) is 33.6 Å². The number of carbonyl (C=O) groups excluding carboxylic acids is 2. The molecule has 1 fully saturated rings. The summed E-state index contributed by atoms with van der Waals surface area (Å²) >= 11 is 5.85. The summed E-state index contributed by atoms with van der Waals surface area (Å²) in [7, 11) is -3.65. The first-order valence-corrected chi connectivity index (χ1v) is 11.7. The van der Waals surface area contributed by atoms with Crippen molar-refractivity contribution in [1.29, 1.82) is 0 Å². The number of anilines is 1. The van der Waals surface area contributed by atoms with E-state index in [1.54, 1.807) is 29.2 Å². The lowest BCUT2D eigenvalue weighted by molar-refractivity contribution is -0.125. The third-order valence-corrected chi connectivity index (χ3v) is 7.42. The maximum Gasteiger partial charge on any atom is 0.270 e. The predicted molar refractivity (Wildman–Crippen MR) is 117 cm³/mol. The molecule has 0 aliphatic carbocycles. The van der Waals surface area contributed by atoms with Crippen LogP contribution in [0.4, 0.5) is 5.69 Å². The Hall–Kier alpha value is -2.75. The second-order valence-corrected chi connectivity index (χ2v) is 9.61. The first kappa shape index (κ1) is 21.5. The van der Waals surface area contributed by atoms with Gasteiger partial charge in [-0.3, -0.25) is 9.59 Å². The standard InChI is InChI=1S/C21H21ClN4O4S/c22-16-6-8-18(9-7-16)31(29,30)25-14-12-24(13-15-25)21(28)19-10-11-20(27)26(23-19)17-4-2-1-3-5-17/h1-9H,10-15H2. The summed E-state index contributed by atoms with van der Waals surface area (Å²) in [4.78, 5) is 27.0. The average molecular weight is 461 g/mol. The molecular formula is C21H21ClN4O4S. The summed E-state index contributed by atoms with van der Waals surface area (Å²) in [6, 6.07) is 15.0. The Bertz CT molecular complexity index is 1110. The molecule has 0 bridgehead atoms. The summed E-state index contributed by atoms with van der Waals surface area (Å²) in [5, 5.41) is 6.02. The van der Waals surface area contributed by atoms with Crippen molar-refractivity contribution in [2.24, 2.45) is 5.10 Å². The van der Waals surface area contributed by atoms with Crippen molar-refractivity contribution in [2.75, 3.05) is 31.2 Å². The molecule has 0 spiro atoms. The number of para-hydroxylation sites is 1. The lowest BCUT2D eigenvalue weighted by Crippen LogP contribution is -2.52. The van der Waals surface area contributed by atoms with Gasteiger partial charge >= 0.3 is 0 Å². The monoisotopic (exact) mass is 460 g/mol. The lowest BCUT2D eigenvalue weighted by Gasteiger charge is -2.35. The van der Waals surface area contributed by atoms with Gasteiger partial charge in [-0.15, -0.1) is 0 Å². The van der Waals surface area contributed by atoms with Crippen molar-refractivity contribution in [3.05, 3.63) is 59.6 Å². The maximum atomic E-state index is 13.0. The van der Waals surface area contributed by atoms with Gasteiger partial charge in [-0.25, -0.2) is 13.4 Å². The van der Waals surface area contributed by atoms with E-state index >= 15 is 0 Å².